The van der Waals surface area contributed by atoms with Crippen molar-refractivity contribution in [3.05, 3.63) is 0 Å². The van der Waals surface area contributed by atoms with Crippen LogP contribution in [-0.2, 0) is 4.74 Å². The highest BCUT2D eigenvalue weighted by Gasteiger charge is 2.56. The maximum absolute atomic E-state index is 6.40. The molecule has 3 heteroatoms. The fourth-order valence-corrected chi connectivity index (χ4v) is 5.30. The third-order valence-corrected chi connectivity index (χ3v) is 7.76. The lowest BCUT2D eigenvalue weighted by Crippen LogP contribution is -2.58. The molecule has 1 nitrogen and oxygen atoms in total. The van der Waals surface area contributed by atoms with Gasteiger partial charge in [0.1, 0.15) is 4.11 Å². The smallest absolute Gasteiger partial charge is 0.119 e. The molecule has 4 rings (SSSR count). The zero-order chi connectivity index (χ0) is 11.3. The van der Waals surface area contributed by atoms with Crippen molar-refractivity contribution in [3.8, 4) is 0 Å². The number of ether oxygens (including phenoxy) is 1. The number of rotatable bonds is 3. The summed E-state index contributed by atoms with van der Waals surface area (Å²) in [6, 6.07) is 0. The first kappa shape index (κ1) is 12.2. The molecule has 4 saturated carbocycles. The molecule has 0 aromatic carbocycles. The summed E-state index contributed by atoms with van der Waals surface area (Å²) in [4.78, 5) is 0. The Morgan fingerprint density at radius 1 is 1.19 bits per heavy atom. The van der Waals surface area contributed by atoms with E-state index in [1.54, 1.807) is 0 Å². The number of hydrogen-bond donors (Lipinski definition) is 0. The molecule has 0 saturated heterocycles. The molecule has 0 amide bonds. The van der Waals surface area contributed by atoms with E-state index < -0.39 is 0 Å². The topological polar surface area (TPSA) is 9.23 Å². The second-order valence-electron chi connectivity index (χ2n) is 6.17. The summed E-state index contributed by atoms with van der Waals surface area (Å²) < 4.78 is 6.74. The molecule has 0 aromatic rings. The Labute approximate surface area is 120 Å². The highest BCUT2D eigenvalue weighted by molar-refractivity contribution is 14.1. The molecule has 0 spiro atoms. The van der Waals surface area contributed by atoms with Crippen LogP contribution in [0.15, 0.2) is 0 Å². The van der Waals surface area contributed by atoms with Crippen LogP contribution in [0.25, 0.3) is 0 Å². The SMILES string of the molecule is CC1(OC(I)CBr)C2CC3CC(C2)CC1C3. The lowest BCUT2D eigenvalue weighted by Gasteiger charge is -2.60. The Hall–Kier alpha value is 1.17. The molecule has 4 aliphatic carbocycles. The summed E-state index contributed by atoms with van der Waals surface area (Å²) in [5.41, 5.74) is 0.188. The molecule has 1 unspecified atom stereocenters. The standard InChI is InChI=1S/C13H20BrIO/c1-13(16-12(15)7-14)10-3-8-2-9(5-10)6-11(13)4-8/h8-12H,2-7H2,1H3. The molecular formula is C13H20BrIO. The molecule has 0 radical (unpaired) electrons. The quantitative estimate of drug-likeness (QED) is 0.506. The Balaban J connectivity index is 1.79. The number of halogens is 2. The zero-order valence-corrected chi connectivity index (χ0v) is 13.5. The number of hydrogen-bond acceptors (Lipinski definition) is 1. The lowest BCUT2D eigenvalue weighted by molar-refractivity contribution is -0.194. The van der Waals surface area contributed by atoms with E-state index in [9.17, 15) is 0 Å². The van der Waals surface area contributed by atoms with Crippen molar-refractivity contribution >= 4 is 38.5 Å². The third-order valence-electron chi connectivity index (χ3n) is 5.26. The van der Waals surface area contributed by atoms with Crippen LogP contribution in [0.2, 0.25) is 0 Å². The Morgan fingerprint density at radius 3 is 2.12 bits per heavy atom. The van der Waals surface area contributed by atoms with Gasteiger partial charge in [0.15, 0.2) is 0 Å². The van der Waals surface area contributed by atoms with Crippen LogP contribution in [0, 0.1) is 23.7 Å². The normalized spacial score (nSPS) is 51.9. The van der Waals surface area contributed by atoms with E-state index in [1.807, 2.05) is 0 Å². The van der Waals surface area contributed by atoms with E-state index in [2.05, 4.69) is 45.4 Å². The summed E-state index contributed by atoms with van der Waals surface area (Å²) in [5, 5.41) is 0.954. The first-order valence-corrected chi connectivity index (χ1v) is 8.86. The predicted molar refractivity (Wildman–Crippen MR) is 78.1 cm³/mol. The van der Waals surface area contributed by atoms with E-state index in [1.165, 1.54) is 32.1 Å². The Kier molecular flexibility index (Phi) is 3.34. The van der Waals surface area contributed by atoms with Crippen molar-refractivity contribution in [2.45, 2.75) is 48.7 Å². The second-order valence-corrected chi connectivity index (χ2v) is 8.21. The second kappa shape index (κ2) is 4.37. The van der Waals surface area contributed by atoms with Crippen LogP contribution in [-0.4, -0.2) is 15.0 Å². The van der Waals surface area contributed by atoms with Crippen LogP contribution in [0.5, 0.6) is 0 Å². The molecule has 0 aliphatic heterocycles. The summed E-state index contributed by atoms with van der Waals surface area (Å²) in [6.07, 6.45) is 7.28. The average Bonchev–Trinajstić information content (AvgIpc) is 2.25. The third kappa shape index (κ3) is 1.89. The molecule has 0 heterocycles. The minimum absolute atomic E-state index is 0.188. The monoisotopic (exact) mass is 398 g/mol. The maximum Gasteiger partial charge on any atom is 0.119 e. The Morgan fingerprint density at radius 2 is 1.69 bits per heavy atom. The molecule has 0 aromatic heterocycles. The van der Waals surface area contributed by atoms with Crippen molar-refractivity contribution in [3.63, 3.8) is 0 Å². The van der Waals surface area contributed by atoms with E-state index in [4.69, 9.17) is 4.74 Å². The average molecular weight is 399 g/mol. The van der Waals surface area contributed by atoms with Gasteiger partial charge in [0.05, 0.1) is 5.60 Å². The van der Waals surface area contributed by atoms with Crippen molar-refractivity contribution in [2.24, 2.45) is 23.7 Å². The van der Waals surface area contributed by atoms with Gasteiger partial charge < -0.3 is 4.74 Å². The van der Waals surface area contributed by atoms with Crippen LogP contribution < -0.4 is 0 Å². The van der Waals surface area contributed by atoms with Gasteiger partial charge in [-0.2, -0.15) is 0 Å². The van der Waals surface area contributed by atoms with Gasteiger partial charge >= 0.3 is 0 Å². The zero-order valence-electron chi connectivity index (χ0n) is 9.79. The largest absolute Gasteiger partial charge is 0.360 e. The highest BCUT2D eigenvalue weighted by Crippen LogP contribution is 2.59. The van der Waals surface area contributed by atoms with Crippen LogP contribution in [0.1, 0.15) is 39.0 Å². The van der Waals surface area contributed by atoms with Crippen molar-refractivity contribution in [1.82, 2.24) is 0 Å². The fourth-order valence-electron chi connectivity index (χ4n) is 4.62. The minimum atomic E-state index is 0.188. The van der Waals surface area contributed by atoms with Crippen molar-refractivity contribution < 1.29 is 4.74 Å². The van der Waals surface area contributed by atoms with Gasteiger partial charge in [0.25, 0.3) is 0 Å². The minimum Gasteiger partial charge on any atom is -0.360 e. The molecule has 0 N–H and O–H groups in total. The van der Waals surface area contributed by atoms with Gasteiger partial charge in [0.2, 0.25) is 0 Å². The summed E-state index contributed by atoms with van der Waals surface area (Å²) in [6.45, 7) is 2.40. The van der Waals surface area contributed by atoms with Gasteiger partial charge in [-0.05, 0) is 62.7 Å². The van der Waals surface area contributed by atoms with Gasteiger partial charge in [-0.1, -0.05) is 38.5 Å². The van der Waals surface area contributed by atoms with Crippen LogP contribution >= 0.6 is 38.5 Å². The van der Waals surface area contributed by atoms with E-state index in [-0.39, 0.29) is 5.60 Å². The molecular weight excluding hydrogens is 379 g/mol. The highest BCUT2D eigenvalue weighted by atomic mass is 127. The van der Waals surface area contributed by atoms with Crippen molar-refractivity contribution in [2.75, 3.05) is 5.33 Å². The van der Waals surface area contributed by atoms with E-state index >= 15 is 0 Å². The predicted octanol–water partition coefficient (Wildman–Crippen LogP) is 4.37. The molecule has 92 valence electrons. The maximum atomic E-state index is 6.40. The lowest BCUT2D eigenvalue weighted by atomic mass is 9.50. The van der Waals surface area contributed by atoms with Crippen molar-refractivity contribution in [1.29, 1.82) is 0 Å². The van der Waals surface area contributed by atoms with Gasteiger partial charge in [-0.3, -0.25) is 0 Å². The van der Waals surface area contributed by atoms with E-state index in [0.717, 1.165) is 29.0 Å². The summed E-state index contributed by atoms with van der Waals surface area (Å²) >= 11 is 5.96. The summed E-state index contributed by atoms with van der Waals surface area (Å²) in [5.74, 6) is 3.77. The molecule has 4 aliphatic rings. The summed E-state index contributed by atoms with van der Waals surface area (Å²) in [7, 11) is 0. The number of alkyl halides is 2. The first-order chi connectivity index (χ1) is 7.61. The molecule has 4 bridgehead atoms. The Bertz CT molecular complexity index is 253. The van der Waals surface area contributed by atoms with Crippen LogP contribution in [0.3, 0.4) is 0 Å². The van der Waals surface area contributed by atoms with Gasteiger partial charge in [0, 0.05) is 5.33 Å². The molecule has 1 atom stereocenters. The van der Waals surface area contributed by atoms with Gasteiger partial charge in [-0.25, -0.2) is 0 Å². The van der Waals surface area contributed by atoms with Gasteiger partial charge in [-0.15, -0.1) is 0 Å². The fraction of sp³-hybridized carbons (Fsp3) is 1.00. The molecule has 4 fully saturated rings. The van der Waals surface area contributed by atoms with E-state index in [0.29, 0.717) is 4.11 Å². The van der Waals surface area contributed by atoms with Crippen LogP contribution in [0.4, 0.5) is 0 Å². The molecule has 16 heavy (non-hydrogen) atoms. The first-order valence-electron chi connectivity index (χ1n) is 6.49.